The van der Waals surface area contributed by atoms with Crippen molar-refractivity contribution in [2.24, 2.45) is 0 Å². The summed E-state index contributed by atoms with van der Waals surface area (Å²) < 4.78 is 0. The van der Waals surface area contributed by atoms with Crippen LogP contribution in [0.25, 0.3) is 0 Å². The molecule has 0 aliphatic heterocycles. The van der Waals surface area contributed by atoms with E-state index < -0.39 is 0 Å². The third-order valence-corrected chi connectivity index (χ3v) is 4.23. The Morgan fingerprint density at radius 3 is 2.88 bits per heavy atom. The minimum absolute atomic E-state index is 0.423. The van der Waals surface area contributed by atoms with Gasteiger partial charge in [0, 0.05) is 35.6 Å². The first-order valence-electron chi connectivity index (χ1n) is 5.53. The molecule has 2 heterocycles. The Kier molecular flexibility index (Phi) is 4.97. The molecule has 2 aromatic rings. The van der Waals surface area contributed by atoms with E-state index in [0.717, 1.165) is 17.5 Å². The van der Waals surface area contributed by atoms with E-state index in [1.165, 1.54) is 4.88 Å². The van der Waals surface area contributed by atoms with Gasteiger partial charge in [0.15, 0.2) is 5.16 Å². The lowest BCUT2D eigenvalue weighted by Gasteiger charge is -2.11. The zero-order valence-corrected chi connectivity index (χ0v) is 11.3. The van der Waals surface area contributed by atoms with Crippen LogP contribution in [0.1, 0.15) is 17.8 Å². The van der Waals surface area contributed by atoms with E-state index in [0.29, 0.717) is 6.04 Å². The third kappa shape index (κ3) is 4.11. The van der Waals surface area contributed by atoms with E-state index in [4.69, 9.17) is 0 Å². The summed E-state index contributed by atoms with van der Waals surface area (Å²) in [6, 6.07) is 6.51. The molecule has 17 heavy (non-hydrogen) atoms. The van der Waals surface area contributed by atoms with E-state index in [-0.39, 0.29) is 0 Å². The van der Waals surface area contributed by atoms with Crippen LogP contribution in [0.2, 0.25) is 0 Å². The lowest BCUT2D eigenvalue weighted by atomic mass is 10.3. The quantitative estimate of drug-likeness (QED) is 0.495. The van der Waals surface area contributed by atoms with Crippen molar-refractivity contribution in [2.75, 3.05) is 12.3 Å². The van der Waals surface area contributed by atoms with E-state index in [9.17, 15) is 0 Å². The Hall–Kier alpha value is -0.910. The molecule has 2 aromatic heterocycles. The molecule has 0 radical (unpaired) electrons. The van der Waals surface area contributed by atoms with Crippen molar-refractivity contribution < 1.29 is 0 Å². The second-order valence-electron chi connectivity index (χ2n) is 3.57. The molecule has 1 N–H and O–H groups in total. The van der Waals surface area contributed by atoms with Crippen LogP contribution in [0.4, 0.5) is 0 Å². The number of thiophene rings is 1. The van der Waals surface area contributed by atoms with Crippen molar-refractivity contribution >= 4 is 23.1 Å². The Morgan fingerprint density at radius 2 is 2.18 bits per heavy atom. The molecule has 2 rings (SSSR count). The minimum Gasteiger partial charge on any atom is -0.309 e. The van der Waals surface area contributed by atoms with Gasteiger partial charge < -0.3 is 5.32 Å². The first-order chi connectivity index (χ1) is 8.36. The molecular weight excluding hydrogens is 250 g/mol. The molecule has 0 fully saturated rings. The summed E-state index contributed by atoms with van der Waals surface area (Å²) in [6.45, 7) is 3.15. The average Bonchev–Trinajstić information content (AvgIpc) is 2.89. The zero-order valence-electron chi connectivity index (χ0n) is 9.67. The van der Waals surface area contributed by atoms with Crippen LogP contribution in [0.3, 0.4) is 0 Å². The van der Waals surface area contributed by atoms with Gasteiger partial charge in [-0.3, -0.25) is 0 Å². The van der Waals surface area contributed by atoms with Gasteiger partial charge in [-0.15, -0.1) is 11.3 Å². The van der Waals surface area contributed by atoms with Gasteiger partial charge in [-0.05, 0) is 24.4 Å². The standard InChI is InChI=1S/C12H15N3S2/c1-10(11-4-2-8-16-11)13-7-9-17-12-14-5-3-6-15-12/h2-6,8,10,13H,7,9H2,1H3. The van der Waals surface area contributed by atoms with Crippen molar-refractivity contribution in [1.82, 2.24) is 15.3 Å². The smallest absolute Gasteiger partial charge is 0.187 e. The van der Waals surface area contributed by atoms with Crippen molar-refractivity contribution in [1.29, 1.82) is 0 Å². The Balaban J connectivity index is 1.67. The highest BCUT2D eigenvalue weighted by molar-refractivity contribution is 7.99. The first-order valence-corrected chi connectivity index (χ1v) is 7.39. The van der Waals surface area contributed by atoms with Gasteiger partial charge in [-0.25, -0.2) is 9.97 Å². The molecule has 0 amide bonds. The van der Waals surface area contributed by atoms with Crippen molar-refractivity contribution in [2.45, 2.75) is 18.1 Å². The second-order valence-corrected chi connectivity index (χ2v) is 5.61. The largest absolute Gasteiger partial charge is 0.309 e. The van der Waals surface area contributed by atoms with Gasteiger partial charge in [-0.2, -0.15) is 0 Å². The fraction of sp³-hybridized carbons (Fsp3) is 0.333. The number of aromatic nitrogens is 2. The summed E-state index contributed by atoms with van der Waals surface area (Å²) in [5.74, 6) is 0.986. The minimum atomic E-state index is 0.423. The molecule has 0 saturated carbocycles. The third-order valence-electron chi connectivity index (χ3n) is 2.30. The molecule has 5 heteroatoms. The number of nitrogens with one attached hydrogen (secondary N) is 1. The molecule has 0 spiro atoms. The van der Waals surface area contributed by atoms with Gasteiger partial charge in [0.25, 0.3) is 0 Å². The highest BCUT2D eigenvalue weighted by atomic mass is 32.2. The summed E-state index contributed by atoms with van der Waals surface area (Å²) in [5.41, 5.74) is 0. The summed E-state index contributed by atoms with van der Waals surface area (Å²) >= 11 is 3.47. The maximum absolute atomic E-state index is 4.17. The van der Waals surface area contributed by atoms with Crippen LogP contribution in [0, 0.1) is 0 Å². The maximum Gasteiger partial charge on any atom is 0.187 e. The van der Waals surface area contributed by atoms with E-state index in [2.05, 4.69) is 39.7 Å². The lowest BCUT2D eigenvalue weighted by molar-refractivity contribution is 0.610. The lowest BCUT2D eigenvalue weighted by Crippen LogP contribution is -2.20. The average molecular weight is 265 g/mol. The van der Waals surface area contributed by atoms with E-state index in [1.807, 2.05) is 6.07 Å². The molecule has 0 aliphatic carbocycles. The van der Waals surface area contributed by atoms with Gasteiger partial charge in [0.1, 0.15) is 0 Å². The summed E-state index contributed by atoms with van der Waals surface area (Å²) in [5, 5.41) is 6.45. The maximum atomic E-state index is 4.17. The first kappa shape index (κ1) is 12.5. The topological polar surface area (TPSA) is 37.8 Å². The van der Waals surface area contributed by atoms with Gasteiger partial charge in [0.05, 0.1) is 0 Å². The van der Waals surface area contributed by atoms with Crippen LogP contribution in [-0.4, -0.2) is 22.3 Å². The molecule has 1 atom stereocenters. The van der Waals surface area contributed by atoms with Gasteiger partial charge >= 0.3 is 0 Å². The van der Waals surface area contributed by atoms with Crippen molar-refractivity contribution in [3.8, 4) is 0 Å². The number of nitrogens with zero attached hydrogens (tertiary/aromatic N) is 2. The van der Waals surface area contributed by atoms with Crippen LogP contribution in [0.5, 0.6) is 0 Å². The molecule has 1 unspecified atom stereocenters. The van der Waals surface area contributed by atoms with Crippen molar-refractivity contribution in [3.63, 3.8) is 0 Å². The normalized spacial score (nSPS) is 12.5. The van der Waals surface area contributed by atoms with E-state index >= 15 is 0 Å². The molecule has 0 bridgehead atoms. The predicted octanol–water partition coefficient (Wildman–Crippen LogP) is 2.98. The molecule has 90 valence electrons. The SMILES string of the molecule is CC(NCCSc1ncccn1)c1cccs1. The molecule has 0 aliphatic rings. The Labute approximate surface area is 110 Å². The fourth-order valence-corrected chi connectivity index (χ4v) is 2.85. The monoisotopic (exact) mass is 265 g/mol. The molecular formula is C12H15N3S2. The summed E-state index contributed by atoms with van der Waals surface area (Å²) in [7, 11) is 0. The number of thioether (sulfide) groups is 1. The summed E-state index contributed by atoms with van der Waals surface area (Å²) in [6.07, 6.45) is 3.55. The fourth-order valence-electron chi connectivity index (χ4n) is 1.42. The van der Waals surface area contributed by atoms with Crippen LogP contribution < -0.4 is 5.32 Å². The van der Waals surface area contributed by atoms with E-state index in [1.54, 1.807) is 35.5 Å². The van der Waals surface area contributed by atoms with Crippen molar-refractivity contribution in [3.05, 3.63) is 40.8 Å². The molecule has 0 saturated heterocycles. The zero-order chi connectivity index (χ0) is 11.9. The van der Waals surface area contributed by atoms with Gasteiger partial charge in [0.2, 0.25) is 0 Å². The van der Waals surface area contributed by atoms with Crippen LogP contribution >= 0.6 is 23.1 Å². The van der Waals surface area contributed by atoms with Gasteiger partial charge in [-0.1, -0.05) is 17.8 Å². The number of rotatable bonds is 6. The predicted molar refractivity (Wildman–Crippen MR) is 73.5 cm³/mol. The summed E-state index contributed by atoms with van der Waals surface area (Å²) in [4.78, 5) is 9.72. The number of hydrogen-bond acceptors (Lipinski definition) is 5. The molecule has 3 nitrogen and oxygen atoms in total. The van der Waals surface area contributed by atoms with Crippen LogP contribution in [-0.2, 0) is 0 Å². The number of hydrogen-bond donors (Lipinski definition) is 1. The molecule has 0 aromatic carbocycles. The Bertz CT molecular complexity index is 417. The Morgan fingerprint density at radius 1 is 1.35 bits per heavy atom. The van der Waals surface area contributed by atoms with Crippen LogP contribution in [0.15, 0.2) is 41.1 Å². The highest BCUT2D eigenvalue weighted by Crippen LogP contribution is 2.18. The highest BCUT2D eigenvalue weighted by Gasteiger charge is 2.04. The second kappa shape index (κ2) is 6.74.